The van der Waals surface area contributed by atoms with E-state index in [-0.39, 0.29) is 5.54 Å². The predicted octanol–water partition coefficient (Wildman–Crippen LogP) is 6.27. The highest BCUT2D eigenvalue weighted by atomic mass is 15.0. The molecule has 0 atom stereocenters. The van der Waals surface area contributed by atoms with Crippen LogP contribution in [0.15, 0.2) is 91.0 Å². The Morgan fingerprint density at radius 2 is 1.06 bits per heavy atom. The molecule has 0 amide bonds. The van der Waals surface area contributed by atoms with Crippen molar-refractivity contribution in [3.8, 4) is 0 Å². The van der Waals surface area contributed by atoms with Crippen molar-refractivity contribution in [2.75, 3.05) is 6.54 Å². The van der Waals surface area contributed by atoms with Gasteiger partial charge in [0.05, 0.1) is 5.54 Å². The summed E-state index contributed by atoms with van der Waals surface area (Å²) in [5.74, 6) is 0. The Kier molecular flexibility index (Phi) is 7.56. The van der Waals surface area contributed by atoms with Crippen molar-refractivity contribution in [2.24, 2.45) is 0 Å². The molecule has 0 unspecified atom stereocenters. The molecule has 0 bridgehead atoms. The second-order valence-corrected chi connectivity index (χ2v) is 8.85. The van der Waals surface area contributed by atoms with Crippen molar-refractivity contribution in [1.82, 2.24) is 10.6 Å². The Morgan fingerprint density at radius 3 is 1.48 bits per heavy atom. The summed E-state index contributed by atoms with van der Waals surface area (Å²) in [6, 6.07) is 34.1. The lowest BCUT2D eigenvalue weighted by Gasteiger charge is -2.42. The topological polar surface area (TPSA) is 24.1 Å². The second-order valence-electron chi connectivity index (χ2n) is 8.85. The van der Waals surface area contributed by atoms with E-state index in [0.29, 0.717) is 12.1 Å². The van der Waals surface area contributed by atoms with Gasteiger partial charge in [0.2, 0.25) is 0 Å². The third-order valence-corrected chi connectivity index (χ3v) is 6.73. The van der Waals surface area contributed by atoms with Crippen LogP contribution in [0.25, 0.3) is 0 Å². The molecule has 1 aliphatic carbocycles. The summed E-state index contributed by atoms with van der Waals surface area (Å²) in [7, 11) is 0. The molecule has 2 heteroatoms. The Labute approximate surface area is 188 Å². The van der Waals surface area contributed by atoms with Crippen molar-refractivity contribution in [1.29, 1.82) is 0 Å². The van der Waals surface area contributed by atoms with Gasteiger partial charge in [0, 0.05) is 12.1 Å². The second kappa shape index (κ2) is 10.7. The summed E-state index contributed by atoms with van der Waals surface area (Å²) >= 11 is 0. The molecule has 162 valence electrons. The van der Waals surface area contributed by atoms with Gasteiger partial charge in [-0.25, -0.2) is 0 Å². The van der Waals surface area contributed by atoms with Gasteiger partial charge >= 0.3 is 0 Å². The molecular formula is C29H36N2. The maximum atomic E-state index is 4.18. The summed E-state index contributed by atoms with van der Waals surface area (Å²) in [5.41, 5.74) is 3.55. The standard InChI is InChI=1S/C29H36N2/c1-2-3-23-30-27-19-21-28(22-20-27)31-29(24-13-7-4-8-14-24,25-15-9-5-10-16-25)26-17-11-6-12-18-26/h4-18,27-28,30-31H,2-3,19-23H2,1H3/t27-,28-. The van der Waals surface area contributed by atoms with Crippen LogP contribution >= 0.6 is 0 Å². The molecule has 3 aromatic rings. The molecule has 0 spiro atoms. The largest absolute Gasteiger partial charge is 0.314 e. The molecule has 2 N–H and O–H groups in total. The van der Waals surface area contributed by atoms with Gasteiger partial charge < -0.3 is 5.32 Å². The van der Waals surface area contributed by atoms with E-state index in [1.807, 2.05) is 0 Å². The van der Waals surface area contributed by atoms with Gasteiger partial charge in [0.15, 0.2) is 0 Å². The van der Waals surface area contributed by atoms with E-state index < -0.39 is 0 Å². The molecule has 1 fully saturated rings. The summed E-state index contributed by atoms with van der Waals surface area (Å²) in [6.07, 6.45) is 7.44. The van der Waals surface area contributed by atoms with Crippen LogP contribution in [0.2, 0.25) is 0 Å². The molecule has 0 radical (unpaired) electrons. The molecule has 3 aromatic carbocycles. The third kappa shape index (κ3) is 5.08. The van der Waals surface area contributed by atoms with Gasteiger partial charge in [-0.2, -0.15) is 0 Å². The Bertz CT molecular complexity index is 787. The first-order valence-corrected chi connectivity index (χ1v) is 12.0. The van der Waals surface area contributed by atoms with E-state index in [1.54, 1.807) is 0 Å². The maximum Gasteiger partial charge on any atom is 0.0950 e. The number of hydrogen-bond acceptors (Lipinski definition) is 2. The monoisotopic (exact) mass is 412 g/mol. The Morgan fingerprint density at radius 1 is 0.645 bits per heavy atom. The molecular weight excluding hydrogens is 376 g/mol. The lowest BCUT2D eigenvalue weighted by atomic mass is 9.75. The molecule has 2 nitrogen and oxygen atoms in total. The van der Waals surface area contributed by atoms with Crippen LogP contribution < -0.4 is 10.6 Å². The van der Waals surface area contributed by atoms with Crippen LogP contribution in [0.1, 0.15) is 62.1 Å². The average molecular weight is 413 g/mol. The Balaban J connectivity index is 1.65. The van der Waals surface area contributed by atoms with E-state index >= 15 is 0 Å². The summed E-state index contributed by atoms with van der Waals surface area (Å²) in [6.45, 7) is 3.42. The van der Waals surface area contributed by atoms with Crippen LogP contribution in [0.5, 0.6) is 0 Å². The molecule has 1 aliphatic rings. The lowest BCUT2D eigenvalue weighted by molar-refractivity contribution is 0.273. The van der Waals surface area contributed by atoms with Gasteiger partial charge in [0.25, 0.3) is 0 Å². The Hall–Kier alpha value is -2.42. The van der Waals surface area contributed by atoms with Crippen LogP contribution in [-0.4, -0.2) is 18.6 Å². The molecule has 0 aliphatic heterocycles. The first-order valence-electron chi connectivity index (χ1n) is 12.0. The zero-order valence-electron chi connectivity index (χ0n) is 18.8. The zero-order chi connectivity index (χ0) is 21.4. The van der Waals surface area contributed by atoms with Crippen LogP contribution in [0.4, 0.5) is 0 Å². The number of hydrogen-bond donors (Lipinski definition) is 2. The summed E-state index contributed by atoms with van der Waals surface area (Å²) < 4.78 is 0. The van der Waals surface area contributed by atoms with Crippen molar-refractivity contribution in [2.45, 2.75) is 63.1 Å². The minimum absolute atomic E-state index is 0.350. The van der Waals surface area contributed by atoms with Crippen molar-refractivity contribution in [3.63, 3.8) is 0 Å². The molecule has 0 aromatic heterocycles. The molecule has 31 heavy (non-hydrogen) atoms. The number of benzene rings is 3. The normalized spacial score (nSPS) is 19.3. The first-order chi connectivity index (χ1) is 15.3. The molecule has 0 heterocycles. The van der Waals surface area contributed by atoms with E-state index in [1.165, 1.54) is 55.2 Å². The van der Waals surface area contributed by atoms with E-state index in [0.717, 1.165) is 6.54 Å². The lowest BCUT2D eigenvalue weighted by Crippen LogP contribution is -2.51. The SMILES string of the molecule is CCCCN[C@H]1CC[C@H](NC(c2ccccc2)(c2ccccc2)c2ccccc2)CC1. The first kappa shape index (κ1) is 21.8. The fourth-order valence-electron chi connectivity index (χ4n) is 5.05. The quantitative estimate of drug-likeness (QED) is 0.320. The highest BCUT2D eigenvalue weighted by Crippen LogP contribution is 2.38. The van der Waals surface area contributed by atoms with Crippen molar-refractivity contribution >= 4 is 0 Å². The molecule has 4 rings (SSSR count). The maximum absolute atomic E-state index is 4.18. The zero-order valence-corrected chi connectivity index (χ0v) is 18.8. The van der Waals surface area contributed by atoms with Crippen LogP contribution in [-0.2, 0) is 5.54 Å². The fraction of sp³-hybridized carbons (Fsp3) is 0.379. The minimum Gasteiger partial charge on any atom is -0.314 e. The van der Waals surface area contributed by atoms with Gasteiger partial charge in [0.1, 0.15) is 0 Å². The van der Waals surface area contributed by atoms with Crippen LogP contribution in [0.3, 0.4) is 0 Å². The third-order valence-electron chi connectivity index (χ3n) is 6.73. The van der Waals surface area contributed by atoms with Gasteiger partial charge in [-0.15, -0.1) is 0 Å². The van der Waals surface area contributed by atoms with Crippen molar-refractivity contribution < 1.29 is 0 Å². The van der Waals surface area contributed by atoms with Crippen LogP contribution in [0, 0.1) is 0 Å². The number of unbranched alkanes of at least 4 members (excludes halogenated alkanes) is 1. The number of rotatable bonds is 9. The smallest absolute Gasteiger partial charge is 0.0950 e. The predicted molar refractivity (Wildman–Crippen MR) is 131 cm³/mol. The van der Waals surface area contributed by atoms with Crippen molar-refractivity contribution in [3.05, 3.63) is 108 Å². The highest BCUT2D eigenvalue weighted by molar-refractivity contribution is 5.49. The fourth-order valence-corrected chi connectivity index (χ4v) is 5.05. The summed E-state index contributed by atoms with van der Waals surface area (Å²) in [4.78, 5) is 0. The van der Waals surface area contributed by atoms with Gasteiger partial charge in [-0.3, -0.25) is 5.32 Å². The minimum atomic E-state index is -0.350. The number of nitrogens with one attached hydrogen (secondary N) is 2. The van der Waals surface area contributed by atoms with Gasteiger partial charge in [-0.05, 0) is 55.3 Å². The molecule has 1 saturated carbocycles. The average Bonchev–Trinajstić information content (AvgIpc) is 2.85. The highest BCUT2D eigenvalue weighted by Gasteiger charge is 2.38. The van der Waals surface area contributed by atoms with E-state index in [4.69, 9.17) is 0 Å². The molecule has 0 saturated heterocycles. The van der Waals surface area contributed by atoms with E-state index in [9.17, 15) is 0 Å². The summed E-state index contributed by atoms with van der Waals surface area (Å²) in [5, 5.41) is 7.95. The van der Waals surface area contributed by atoms with E-state index in [2.05, 4.69) is 109 Å². The van der Waals surface area contributed by atoms with Gasteiger partial charge in [-0.1, -0.05) is 104 Å².